The first kappa shape index (κ1) is 22.4. The van der Waals surface area contributed by atoms with Crippen LogP contribution in [0.5, 0.6) is 5.75 Å². The molecule has 0 aliphatic heterocycles. The predicted octanol–water partition coefficient (Wildman–Crippen LogP) is 2.34. The van der Waals surface area contributed by atoms with Crippen molar-refractivity contribution in [3.05, 3.63) is 66.1 Å². The fourth-order valence-corrected chi connectivity index (χ4v) is 3.62. The molecule has 0 aliphatic carbocycles. The summed E-state index contributed by atoms with van der Waals surface area (Å²) >= 11 is 0. The number of hydrogen-bond donors (Lipinski definition) is 0. The van der Waals surface area contributed by atoms with E-state index in [4.69, 9.17) is 9.26 Å². The third-order valence-electron chi connectivity index (χ3n) is 4.78. The lowest BCUT2D eigenvalue weighted by atomic mass is 10.1. The van der Waals surface area contributed by atoms with Crippen LogP contribution in [-0.2, 0) is 21.4 Å². The van der Waals surface area contributed by atoms with Crippen molar-refractivity contribution in [1.82, 2.24) is 19.3 Å². The first-order valence-corrected chi connectivity index (χ1v) is 11.3. The summed E-state index contributed by atoms with van der Waals surface area (Å²) in [5.41, 5.74) is 1.28. The molecule has 0 saturated heterocycles. The summed E-state index contributed by atoms with van der Waals surface area (Å²) in [5.74, 6) is 0.830. The molecule has 0 bridgehead atoms. The molecule has 1 amide bonds. The highest BCUT2D eigenvalue weighted by molar-refractivity contribution is 7.88. The molecule has 1 aromatic heterocycles. The Morgan fingerprint density at radius 1 is 1.13 bits per heavy atom. The van der Waals surface area contributed by atoms with Gasteiger partial charge in [-0.3, -0.25) is 4.79 Å². The lowest BCUT2D eigenvalue weighted by Gasteiger charge is -2.29. The van der Waals surface area contributed by atoms with Gasteiger partial charge in [0.2, 0.25) is 27.6 Å². The van der Waals surface area contributed by atoms with Crippen LogP contribution in [0.4, 0.5) is 0 Å². The Morgan fingerprint density at radius 3 is 2.48 bits per heavy atom. The summed E-state index contributed by atoms with van der Waals surface area (Å²) in [7, 11) is 0.891. The molecule has 3 rings (SSSR count). The van der Waals surface area contributed by atoms with Gasteiger partial charge in [0.15, 0.2) is 0 Å². The monoisotopic (exact) mass is 444 g/mol. The van der Waals surface area contributed by atoms with Crippen molar-refractivity contribution in [2.45, 2.75) is 12.6 Å². The molecule has 10 heteroatoms. The molecule has 0 unspecified atom stereocenters. The molecule has 0 N–H and O–H groups in total. The number of aromatic nitrogens is 2. The van der Waals surface area contributed by atoms with Crippen molar-refractivity contribution in [3.63, 3.8) is 0 Å². The Kier molecular flexibility index (Phi) is 6.71. The van der Waals surface area contributed by atoms with Gasteiger partial charge < -0.3 is 14.2 Å². The lowest BCUT2D eigenvalue weighted by Crippen LogP contribution is -2.41. The van der Waals surface area contributed by atoms with Crippen LogP contribution in [0.15, 0.2) is 59.1 Å². The second-order valence-corrected chi connectivity index (χ2v) is 9.07. The van der Waals surface area contributed by atoms with E-state index in [-0.39, 0.29) is 12.4 Å². The summed E-state index contributed by atoms with van der Waals surface area (Å²) in [5, 5.41) is 3.97. The number of sulfonamides is 1. The van der Waals surface area contributed by atoms with E-state index >= 15 is 0 Å². The normalized spacial score (nSPS) is 12.5. The molecule has 2 aromatic carbocycles. The Morgan fingerprint density at radius 2 is 1.84 bits per heavy atom. The maximum Gasteiger partial charge on any atom is 0.246 e. The molecule has 0 saturated carbocycles. The molecule has 9 nitrogen and oxygen atoms in total. The number of rotatable bonds is 8. The molecule has 31 heavy (non-hydrogen) atoms. The van der Waals surface area contributed by atoms with Crippen LogP contribution >= 0.6 is 0 Å². The SMILES string of the molecule is COc1cccc(-c2noc(CN(C)C(=O)[C@H](c3ccccc3)N(C)S(C)(=O)=O)n2)c1. The van der Waals surface area contributed by atoms with Crippen LogP contribution in [0.25, 0.3) is 11.4 Å². The van der Waals surface area contributed by atoms with Gasteiger partial charge >= 0.3 is 0 Å². The molecule has 0 spiro atoms. The van der Waals surface area contributed by atoms with Crippen molar-refractivity contribution in [1.29, 1.82) is 0 Å². The van der Waals surface area contributed by atoms with Crippen molar-refractivity contribution in [2.75, 3.05) is 27.5 Å². The Bertz CT molecular complexity index is 1150. The van der Waals surface area contributed by atoms with E-state index in [9.17, 15) is 13.2 Å². The van der Waals surface area contributed by atoms with Crippen molar-refractivity contribution < 1.29 is 22.5 Å². The van der Waals surface area contributed by atoms with Gasteiger partial charge in [0, 0.05) is 19.7 Å². The van der Waals surface area contributed by atoms with Gasteiger partial charge in [-0.05, 0) is 17.7 Å². The van der Waals surface area contributed by atoms with E-state index in [1.807, 2.05) is 12.1 Å². The topological polar surface area (TPSA) is 106 Å². The summed E-state index contributed by atoms with van der Waals surface area (Å²) in [6, 6.07) is 14.9. The molecule has 0 aliphatic rings. The minimum Gasteiger partial charge on any atom is -0.497 e. The van der Waals surface area contributed by atoms with E-state index in [1.165, 1.54) is 11.9 Å². The molecule has 3 aromatic rings. The van der Waals surface area contributed by atoms with E-state index < -0.39 is 22.0 Å². The number of nitrogens with zero attached hydrogens (tertiary/aromatic N) is 4. The Balaban J connectivity index is 1.82. The standard InChI is InChI=1S/C21H24N4O5S/c1-24(14-18-22-20(23-30-18)16-11-8-12-17(13-16)29-3)21(26)19(25(2)31(4,27)28)15-9-6-5-7-10-15/h5-13,19H,14H2,1-4H3/t19-/m0/s1. The van der Waals surface area contributed by atoms with Gasteiger partial charge in [-0.15, -0.1) is 0 Å². The van der Waals surface area contributed by atoms with Crippen LogP contribution in [0.2, 0.25) is 0 Å². The molecule has 1 atom stereocenters. The van der Waals surface area contributed by atoms with E-state index in [0.717, 1.165) is 10.6 Å². The largest absolute Gasteiger partial charge is 0.497 e. The van der Waals surface area contributed by atoms with Gasteiger partial charge in [0.05, 0.1) is 19.9 Å². The van der Waals surface area contributed by atoms with Gasteiger partial charge in [0.25, 0.3) is 0 Å². The molecule has 1 heterocycles. The number of ether oxygens (including phenoxy) is 1. The number of hydrogen-bond acceptors (Lipinski definition) is 7. The number of likely N-dealkylation sites (N-methyl/N-ethyl adjacent to an activating group) is 2. The van der Waals surface area contributed by atoms with Crippen molar-refractivity contribution in [2.24, 2.45) is 0 Å². The smallest absolute Gasteiger partial charge is 0.246 e. The summed E-state index contributed by atoms with van der Waals surface area (Å²) in [4.78, 5) is 18.9. The maximum absolute atomic E-state index is 13.2. The van der Waals surface area contributed by atoms with Crippen LogP contribution < -0.4 is 4.74 Å². The first-order valence-electron chi connectivity index (χ1n) is 9.40. The van der Waals surface area contributed by atoms with Crippen molar-refractivity contribution >= 4 is 15.9 Å². The van der Waals surface area contributed by atoms with E-state index in [1.54, 1.807) is 56.6 Å². The average molecular weight is 445 g/mol. The van der Waals surface area contributed by atoms with Crippen LogP contribution in [0.3, 0.4) is 0 Å². The number of methoxy groups -OCH3 is 1. The van der Waals surface area contributed by atoms with E-state index in [2.05, 4.69) is 10.1 Å². The number of benzene rings is 2. The van der Waals surface area contributed by atoms with Gasteiger partial charge in [-0.2, -0.15) is 9.29 Å². The van der Waals surface area contributed by atoms with E-state index in [0.29, 0.717) is 22.7 Å². The highest BCUT2D eigenvalue weighted by Gasteiger charge is 2.33. The molecule has 0 fully saturated rings. The Labute approximate surface area is 181 Å². The summed E-state index contributed by atoms with van der Waals surface area (Å²) in [6.45, 7) is 0.0245. The minimum atomic E-state index is -3.62. The fourth-order valence-electron chi connectivity index (χ4n) is 3.02. The van der Waals surface area contributed by atoms with Gasteiger partial charge in [0.1, 0.15) is 11.8 Å². The maximum atomic E-state index is 13.2. The third-order valence-corrected chi connectivity index (χ3v) is 6.04. The van der Waals surface area contributed by atoms with Crippen LogP contribution in [0, 0.1) is 0 Å². The second kappa shape index (κ2) is 9.27. The zero-order chi connectivity index (χ0) is 22.6. The number of carbonyl (C=O) groups is 1. The number of carbonyl (C=O) groups excluding carboxylic acids is 1. The van der Waals surface area contributed by atoms with Crippen LogP contribution in [-0.4, -0.2) is 61.1 Å². The van der Waals surface area contributed by atoms with Crippen molar-refractivity contribution in [3.8, 4) is 17.1 Å². The van der Waals surface area contributed by atoms with Crippen LogP contribution in [0.1, 0.15) is 17.5 Å². The zero-order valence-electron chi connectivity index (χ0n) is 17.7. The molecular formula is C21H24N4O5S. The third kappa shape index (κ3) is 5.28. The van der Waals surface area contributed by atoms with Gasteiger partial charge in [-0.25, -0.2) is 8.42 Å². The highest BCUT2D eigenvalue weighted by atomic mass is 32.2. The molecule has 164 valence electrons. The fraction of sp³-hybridized carbons (Fsp3) is 0.286. The summed E-state index contributed by atoms with van der Waals surface area (Å²) < 4.78 is 35.9. The zero-order valence-corrected chi connectivity index (χ0v) is 18.5. The second-order valence-electron chi connectivity index (χ2n) is 7.03. The van der Waals surface area contributed by atoms with Gasteiger partial charge in [-0.1, -0.05) is 47.6 Å². The lowest BCUT2D eigenvalue weighted by molar-refractivity contribution is -0.134. The summed E-state index contributed by atoms with van der Waals surface area (Å²) in [6.07, 6.45) is 1.06. The minimum absolute atomic E-state index is 0.0245. The molecule has 0 radical (unpaired) electrons. The molecular weight excluding hydrogens is 420 g/mol. The average Bonchev–Trinajstić information content (AvgIpc) is 3.22. The first-order chi connectivity index (χ1) is 14.7. The quantitative estimate of drug-likeness (QED) is 0.525. The highest BCUT2D eigenvalue weighted by Crippen LogP contribution is 2.25. The predicted molar refractivity (Wildman–Crippen MR) is 115 cm³/mol. The number of amides is 1. The Hall–Kier alpha value is -3.24.